The second-order valence-corrected chi connectivity index (χ2v) is 6.81. The van der Waals surface area contributed by atoms with Crippen molar-refractivity contribution in [1.29, 1.82) is 0 Å². The molecule has 0 saturated heterocycles. The molecule has 0 bridgehead atoms. The van der Waals surface area contributed by atoms with Crippen molar-refractivity contribution in [2.24, 2.45) is 0 Å². The molecule has 2 atom stereocenters. The molecular formula is C24H23NO7. The van der Waals surface area contributed by atoms with Crippen LogP contribution in [0.2, 0.25) is 0 Å². The van der Waals surface area contributed by atoms with Crippen LogP contribution >= 0.6 is 0 Å². The smallest absolute Gasteiger partial charge is 0.412 e. The van der Waals surface area contributed by atoms with Crippen LogP contribution in [-0.2, 0) is 14.3 Å². The van der Waals surface area contributed by atoms with Crippen molar-refractivity contribution in [3.05, 3.63) is 78.4 Å². The molecule has 3 aromatic carbocycles. The Morgan fingerprint density at radius 2 is 1.78 bits per heavy atom. The Bertz CT molecular complexity index is 1140. The van der Waals surface area contributed by atoms with E-state index in [1.807, 2.05) is 36.4 Å². The number of methoxy groups -OCH3 is 2. The number of carbonyl (C=O) groups excluding carboxylic acids is 1. The van der Waals surface area contributed by atoms with Crippen LogP contribution in [0.25, 0.3) is 10.8 Å². The average Bonchev–Trinajstić information content (AvgIpc) is 2.78. The number of phenolic OH excluding ortho intramolecular Hbond substituents is 1. The van der Waals surface area contributed by atoms with Gasteiger partial charge >= 0.3 is 12.1 Å². The Labute approximate surface area is 184 Å². The highest BCUT2D eigenvalue weighted by molar-refractivity contribution is 6.00. The molecule has 0 radical (unpaired) electrons. The van der Waals surface area contributed by atoms with E-state index in [-0.39, 0.29) is 11.5 Å². The number of rotatable bonds is 8. The summed E-state index contributed by atoms with van der Waals surface area (Å²) in [4.78, 5) is 23.8. The maximum Gasteiger partial charge on any atom is 0.412 e. The number of ether oxygens (including phenoxy) is 3. The third-order valence-electron chi connectivity index (χ3n) is 4.79. The lowest BCUT2D eigenvalue weighted by Gasteiger charge is -2.25. The van der Waals surface area contributed by atoms with Crippen LogP contribution in [0.4, 0.5) is 10.5 Å². The van der Waals surface area contributed by atoms with Gasteiger partial charge in [-0.15, -0.1) is 0 Å². The molecule has 8 heteroatoms. The summed E-state index contributed by atoms with van der Waals surface area (Å²) < 4.78 is 16.1. The Morgan fingerprint density at radius 3 is 2.47 bits per heavy atom. The summed E-state index contributed by atoms with van der Waals surface area (Å²) in [5, 5.41) is 23.6. The van der Waals surface area contributed by atoms with Gasteiger partial charge < -0.3 is 24.4 Å². The van der Waals surface area contributed by atoms with Crippen molar-refractivity contribution in [2.75, 3.05) is 19.5 Å². The van der Waals surface area contributed by atoms with Crippen molar-refractivity contribution in [2.45, 2.75) is 12.2 Å². The van der Waals surface area contributed by atoms with E-state index in [2.05, 4.69) is 5.32 Å². The van der Waals surface area contributed by atoms with Gasteiger partial charge in [0.15, 0.2) is 17.6 Å². The minimum absolute atomic E-state index is 0.162. The Balaban J connectivity index is 1.91. The predicted molar refractivity (Wildman–Crippen MR) is 119 cm³/mol. The van der Waals surface area contributed by atoms with Gasteiger partial charge in [0, 0.05) is 18.6 Å². The molecule has 0 saturated carbocycles. The fraction of sp³-hybridized carbons (Fsp3) is 0.167. The van der Waals surface area contributed by atoms with Crippen LogP contribution < -0.4 is 10.1 Å². The number of fused-ring (bicyclic) bond motifs is 1. The Morgan fingerprint density at radius 1 is 1.03 bits per heavy atom. The fourth-order valence-electron chi connectivity index (χ4n) is 3.28. The van der Waals surface area contributed by atoms with Crippen LogP contribution in [0.1, 0.15) is 11.7 Å². The lowest BCUT2D eigenvalue weighted by Crippen LogP contribution is -2.27. The van der Waals surface area contributed by atoms with E-state index in [9.17, 15) is 14.7 Å². The molecule has 0 heterocycles. The van der Waals surface area contributed by atoms with E-state index in [1.54, 1.807) is 12.1 Å². The first-order valence-corrected chi connectivity index (χ1v) is 9.69. The second-order valence-electron chi connectivity index (χ2n) is 6.81. The normalized spacial score (nSPS) is 12.9. The van der Waals surface area contributed by atoms with Gasteiger partial charge in [0.2, 0.25) is 0 Å². The lowest BCUT2D eigenvalue weighted by molar-refractivity contribution is -0.131. The third-order valence-corrected chi connectivity index (χ3v) is 4.79. The van der Waals surface area contributed by atoms with E-state index >= 15 is 0 Å². The number of carbonyl (C=O) groups is 2. The van der Waals surface area contributed by atoms with Crippen molar-refractivity contribution >= 4 is 28.5 Å². The maximum atomic E-state index is 12.8. The van der Waals surface area contributed by atoms with Gasteiger partial charge in [0.1, 0.15) is 6.10 Å². The minimum atomic E-state index is -1.18. The number of anilines is 1. The largest absolute Gasteiger partial charge is 0.504 e. The number of benzene rings is 3. The summed E-state index contributed by atoms with van der Waals surface area (Å²) >= 11 is 0. The molecule has 3 aromatic rings. The minimum Gasteiger partial charge on any atom is -0.504 e. The van der Waals surface area contributed by atoms with E-state index < -0.39 is 24.3 Å². The van der Waals surface area contributed by atoms with Gasteiger partial charge in [-0.2, -0.15) is 0 Å². The highest BCUT2D eigenvalue weighted by Crippen LogP contribution is 2.33. The summed E-state index contributed by atoms with van der Waals surface area (Å²) in [6.07, 6.45) is -0.595. The third kappa shape index (κ3) is 5.35. The zero-order valence-electron chi connectivity index (χ0n) is 17.5. The number of nitrogens with one attached hydrogen (secondary N) is 1. The van der Waals surface area contributed by atoms with Gasteiger partial charge in [-0.25, -0.2) is 9.59 Å². The number of aliphatic carboxylic acids is 1. The van der Waals surface area contributed by atoms with Gasteiger partial charge in [-0.05, 0) is 35.2 Å². The van der Waals surface area contributed by atoms with Crippen LogP contribution in [0, 0.1) is 0 Å². The summed E-state index contributed by atoms with van der Waals surface area (Å²) in [6.45, 7) is 0. The quantitative estimate of drug-likeness (QED) is 0.445. The lowest BCUT2D eigenvalue weighted by atomic mass is 10.0. The molecule has 166 valence electrons. The highest BCUT2D eigenvalue weighted by Gasteiger charge is 2.27. The molecule has 0 spiro atoms. The molecular weight excluding hydrogens is 414 g/mol. The molecule has 0 unspecified atom stereocenters. The number of aromatic hydroxyl groups is 1. The first-order valence-electron chi connectivity index (χ1n) is 9.69. The molecule has 0 aliphatic carbocycles. The summed E-state index contributed by atoms with van der Waals surface area (Å²) in [6, 6.07) is 17.5. The maximum absolute atomic E-state index is 12.8. The SMILES string of the molecule is COc1ccc([C@H](OC(=O)Nc2cccc3ccccc23)[C@H](/C=C/C(=O)O)OC)cc1O. The second kappa shape index (κ2) is 10.3. The van der Waals surface area contributed by atoms with Gasteiger partial charge in [-0.1, -0.05) is 42.5 Å². The van der Waals surface area contributed by atoms with Crippen LogP contribution in [0.5, 0.6) is 11.5 Å². The number of hydrogen-bond acceptors (Lipinski definition) is 6. The predicted octanol–water partition coefficient (Wildman–Crippen LogP) is 4.50. The van der Waals surface area contributed by atoms with Crippen LogP contribution in [0.15, 0.2) is 72.8 Å². The number of carboxylic acid groups (broad SMARTS) is 1. The highest BCUT2D eigenvalue weighted by atomic mass is 16.6. The zero-order chi connectivity index (χ0) is 23.1. The molecule has 0 fully saturated rings. The summed E-state index contributed by atoms with van der Waals surface area (Å²) in [5.74, 6) is -1.10. The van der Waals surface area contributed by atoms with Crippen LogP contribution in [-0.4, -0.2) is 42.6 Å². The number of amides is 1. The molecule has 32 heavy (non-hydrogen) atoms. The Hall–Kier alpha value is -4.04. The molecule has 3 rings (SSSR count). The van der Waals surface area contributed by atoms with E-state index in [4.69, 9.17) is 19.3 Å². The standard InChI is InChI=1S/C24H23NO7/c1-30-20-11-10-16(14-19(20)26)23(21(31-2)12-13-22(27)28)32-24(29)25-18-9-5-7-15-6-3-4-8-17(15)18/h3-14,21,23,26H,1-2H3,(H,25,29)(H,27,28)/b13-12+/t21-,23-/m0/s1. The first kappa shape index (κ1) is 22.6. The molecule has 3 N–H and O–H groups in total. The van der Waals surface area contributed by atoms with Crippen molar-refractivity contribution in [3.63, 3.8) is 0 Å². The molecule has 0 aliphatic rings. The monoisotopic (exact) mass is 437 g/mol. The molecule has 0 aliphatic heterocycles. The van der Waals surface area contributed by atoms with E-state index in [0.717, 1.165) is 16.8 Å². The van der Waals surface area contributed by atoms with Crippen molar-refractivity contribution < 1.29 is 34.0 Å². The van der Waals surface area contributed by atoms with Gasteiger partial charge in [-0.3, -0.25) is 5.32 Å². The van der Waals surface area contributed by atoms with E-state index in [1.165, 1.54) is 32.4 Å². The Kier molecular flexibility index (Phi) is 7.30. The average molecular weight is 437 g/mol. The van der Waals surface area contributed by atoms with Gasteiger partial charge in [0.25, 0.3) is 0 Å². The number of phenols is 1. The summed E-state index contributed by atoms with van der Waals surface area (Å²) in [7, 11) is 2.77. The topological polar surface area (TPSA) is 114 Å². The summed E-state index contributed by atoms with van der Waals surface area (Å²) in [5.41, 5.74) is 0.942. The van der Waals surface area contributed by atoms with E-state index in [0.29, 0.717) is 11.3 Å². The fourth-order valence-corrected chi connectivity index (χ4v) is 3.28. The number of carboxylic acids is 1. The number of hydrogen-bond donors (Lipinski definition) is 3. The van der Waals surface area contributed by atoms with Crippen molar-refractivity contribution in [1.82, 2.24) is 0 Å². The first-order chi connectivity index (χ1) is 15.4. The molecule has 8 nitrogen and oxygen atoms in total. The zero-order valence-corrected chi connectivity index (χ0v) is 17.5. The molecule has 1 amide bonds. The van der Waals surface area contributed by atoms with Gasteiger partial charge in [0.05, 0.1) is 12.8 Å². The van der Waals surface area contributed by atoms with Crippen LogP contribution in [0.3, 0.4) is 0 Å². The molecule has 0 aromatic heterocycles. The van der Waals surface area contributed by atoms with Crippen molar-refractivity contribution in [3.8, 4) is 11.5 Å².